The van der Waals surface area contributed by atoms with Gasteiger partial charge in [-0.3, -0.25) is 4.79 Å². The lowest BCUT2D eigenvalue weighted by atomic mass is 10.0. The zero-order valence-corrected chi connectivity index (χ0v) is 11.2. The maximum Gasteiger partial charge on any atom is 0.323 e. The molecule has 0 saturated heterocycles. The van der Waals surface area contributed by atoms with Crippen molar-refractivity contribution in [3.05, 3.63) is 0 Å². The number of carbonyl (C=O) groups is 1. The number of rotatable bonds is 8. The molecule has 0 spiro atoms. The molecule has 0 saturated carbocycles. The number of nitrogens with two attached hydrogens (primary N) is 1. The third-order valence-electron chi connectivity index (χ3n) is 2.76. The van der Waals surface area contributed by atoms with Crippen LogP contribution in [0.4, 0.5) is 0 Å². The van der Waals surface area contributed by atoms with Crippen LogP contribution in [0.25, 0.3) is 0 Å². The van der Waals surface area contributed by atoms with E-state index < -0.39 is 6.04 Å². The molecule has 0 aromatic carbocycles. The number of ether oxygens (including phenoxy) is 1. The summed E-state index contributed by atoms with van der Waals surface area (Å²) in [5.74, 6) is -0.106. The molecule has 0 aliphatic heterocycles. The van der Waals surface area contributed by atoms with Gasteiger partial charge in [-0.2, -0.15) is 0 Å². The summed E-state index contributed by atoms with van der Waals surface area (Å²) in [6, 6.07) is -0.485. The highest BCUT2D eigenvalue weighted by Crippen LogP contribution is 2.13. The van der Waals surface area contributed by atoms with Gasteiger partial charge in [0.15, 0.2) is 0 Å². The SMILES string of the molecule is CCCCC(CCC)OC(=O)C(N)C(C)C. The van der Waals surface area contributed by atoms with Crippen molar-refractivity contribution >= 4 is 5.97 Å². The van der Waals surface area contributed by atoms with Crippen molar-refractivity contribution in [1.82, 2.24) is 0 Å². The van der Waals surface area contributed by atoms with Crippen LogP contribution >= 0.6 is 0 Å². The Balaban J connectivity index is 4.11. The van der Waals surface area contributed by atoms with Crippen molar-refractivity contribution in [1.29, 1.82) is 0 Å². The van der Waals surface area contributed by atoms with E-state index >= 15 is 0 Å². The predicted octanol–water partition coefficient (Wildman–Crippen LogP) is 2.87. The minimum atomic E-state index is -0.485. The number of hydrogen-bond acceptors (Lipinski definition) is 3. The van der Waals surface area contributed by atoms with Gasteiger partial charge in [0.1, 0.15) is 12.1 Å². The van der Waals surface area contributed by atoms with E-state index in [2.05, 4.69) is 13.8 Å². The summed E-state index contributed by atoms with van der Waals surface area (Å²) >= 11 is 0. The fraction of sp³-hybridized carbons (Fsp3) is 0.923. The first-order valence-corrected chi connectivity index (χ1v) is 6.48. The van der Waals surface area contributed by atoms with E-state index in [0.717, 1.165) is 32.1 Å². The van der Waals surface area contributed by atoms with Crippen molar-refractivity contribution in [3.8, 4) is 0 Å². The number of hydrogen-bond donors (Lipinski definition) is 1. The van der Waals surface area contributed by atoms with Crippen LogP contribution < -0.4 is 5.73 Å². The average molecular weight is 229 g/mol. The van der Waals surface area contributed by atoms with Gasteiger partial charge >= 0.3 is 5.97 Å². The predicted molar refractivity (Wildman–Crippen MR) is 67.1 cm³/mol. The molecule has 3 nitrogen and oxygen atoms in total. The molecule has 0 heterocycles. The minimum absolute atomic E-state index is 0.0576. The molecule has 2 unspecified atom stereocenters. The number of unbranched alkanes of at least 4 members (excludes halogenated alkanes) is 1. The summed E-state index contributed by atoms with van der Waals surface area (Å²) in [7, 11) is 0. The molecule has 96 valence electrons. The average Bonchev–Trinajstić information content (AvgIpc) is 2.24. The maximum absolute atomic E-state index is 11.7. The summed E-state index contributed by atoms with van der Waals surface area (Å²) < 4.78 is 5.45. The van der Waals surface area contributed by atoms with Gasteiger partial charge in [0.2, 0.25) is 0 Å². The van der Waals surface area contributed by atoms with Gasteiger partial charge in [0.25, 0.3) is 0 Å². The third kappa shape index (κ3) is 6.11. The number of carbonyl (C=O) groups excluding carboxylic acids is 1. The van der Waals surface area contributed by atoms with Gasteiger partial charge < -0.3 is 10.5 Å². The first kappa shape index (κ1) is 15.4. The van der Waals surface area contributed by atoms with Crippen molar-refractivity contribution in [2.75, 3.05) is 0 Å². The van der Waals surface area contributed by atoms with E-state index in [-0.39, 0.29) is 18.0 Å². The van der Waals surface area contributed by atoms with Crippen LogP contribution in [0.1, 0.15) is 59.8 Å². The van der Waals surface area contributed by atoms with Crippen LogP contribution in [0.2, 0.25) is 0 Å². The molecule has 0 rings (SSSR count). The van der Waals surface area contributed by atoms with E-state index in [1.165, 1.54) is 0 Å². The molecule has 0 radical (unpaired) electrons. The van der Waals surface area contributed by atoms with Crippen LogP contribution in [0.15, 0.2) is 0 Å². The van der Waals surface area contributed by atoms with Gasteiger partial charge in [0.05, 0.1) is 0 Å². The highest BCUT2D eigenvalue weighted by molar-refractivity contribution is 5.75. The van der Waals surface area contributed by atoms with Crippen LogP contribution in [-0.2, 0) is 9.53 Å². The molecular weight excluding hydrogens is 202 g/mol. The lowest BCUT2D eigenvalue weighted by molar-refractivity contribution is -0.152. The molecule has 0 amide bonds. The Bertz CT molecular complexity index is 192. The normalized spacial score (nSPS) is 14.9. The molecule has 2 N–H and O–H groups in total. The highest BCUT2D eigenvalue weighted by atomic mass is 16.5. The molecule has 0 fully saturated rings. The van der Waals surface area contributed by atoms with E-state index in [1.54, 1.807) is 0 Å². The van der Waals surface area contributed by atoms with Gasteiger partial charge in [-0.25, -0.2) is 0 Å². The van der Waals surface area contributed by atoms with E-state index in [1.807, 2.05) is 13.8 Å². The summed E-state index contributed by atoms with van der Waals surface area (Å²) in [5.41, 5.74) is 5.76. The lowest BCUT2D eigenvalue weighted by Crippen LogP contribution is -2.39. The zero-order chi connectivity index (χ0) is 12.6. The summed E-state index contributed by atoms with van der Waals surface area (Å²) in [6.45, 7) is 8.12. The van der Waals surface area contributed by atoms with Gasteiger partial charge in [-0.15, -0.1) is 0 Å². The Morgan fingerprint density at radius 3 is 2.25 bits per heavy atom. The molecule has 2 atom stereocenters. The van der Waals surface area contributed by atoms with E-state index in [9.17, 15) is 4.79 Å². The monoisotopic (exact) mass is 229 g/mol. The Morgan fingerprint density at radius 2 is 1.81 bits per heavy atom. The second-order valence-corrected chi connectivity index (χ2v) is 4.76. The Kier molecular flexibility index (Phi) is 8.26. The quantitative estimate of drug-likeness (QED) is 0.651. The van der Waals surface area contributed by atoms with Gasteiger partial charge in [-0.05, 0) is 18.8 Å². The first-order chi connectivity index (χ1) is 7.52. The van der Waals surface area contributed by atoms with Crippen LogP contribution in [0.3, 0.4) is 0 Å². The second kappa shape index (κ2) is 8.57. The Labute approximate surface area is 99.7 Å². The largest absolute Gasteiger partial charge is 0.461 e. The van der Waals surface area contributed by atoms with Crippen LogP contribution in [-0.4, -0.2) is 18.1 Å². The fourth-order valence-corrected chi connectivity index (χ4v) is 1.53. The van der Waals surface area contributed by atoms with Gasteiger partial charge in [0, 0.05) is 0 Å². The van der Waals surface area contributed by atoms with Crippen LogP contribution in [0, 0.1) is 5.92 Å². The smallest absolute Gasteiger partial charge is 0.323 e. The van der Waals surface area contributed by atoms with Crippen molar-refractivity contribution < 1.29 is 9.53 Å². The molecule has 16 heavy (non-hydrogen) atoms. The van der Waals surface area contributed by atoms with E-state index in [4.69, 9.17) is 10.5 Å². The molecule has 0 bridgehead atoms. The standard InChI is InChI=1S/C13H27NO2/c1-5-7-9-11(8-6-2)16-13(15)12(14)10(3)4/h10-12H,5-9,14H2,1-4H3. The molecule has 0 aliphatic carbocycles. The third-order valence-corrected chi connectivity index (χ3v) is 2.76. The lowest BCUT2D eigenvalue weighted by Gasteiger charge is -2.21. The molecular formula is C13H27NO2. The molecule has 3 heteroatoms. The van der Waals surface area contributed by atoms with Crippen molar-refractivity contribution in [3.63, 3.8) is 0 Å². The summed E-state index contributed by atoms with van der Waals surface area (Å²) in [6.07, 6.45) is 5.24. The Morgan fingerprint density at radius 1 is 1.19 bits per heavy atom. The molecule has 0 aliphatic rings. The molecule has 0 aromatic rings. The van der Waals surface area contributed by atoms with Crippen LogP contribution in [0.5, 0.6) is 0 Å². The second-order valence-electron chi connectivity index (χ2n) is 4.76. The van der Waals surface area contributed by atoms with Crippen molar-refractivity contribution in [2.45, 2.75) is 71.9 Å². The molecule has 0 aromatic heterocycles. The zero-order valence-electron chi connectivity index (χ0n) is 11.2. The highest BCUT2D eigenvalue weighted by Gasteiger charge is 2.22. The summed E-state index contributed by atoms with van der Waals surface area (Å²) in [5, 5.41) is 0. The summed E-state index contributed by atoms with van der Waals surface area (Å²) in [4.78, 5) is 11.7. The van der Waals surface area contributed by atoms with Gasteiger partial charge in [-0.1, -0.05) is 47.0 Å². The Hall–Kier alpha value is -0.570. The first-order valence-electron chi connectivity index (χ1n) is 6.48. The maximum atomic E-state index is 11.7. The fourth-order valence-electron chi connectivity index (χ4n) is 1.53. The minimum Gasteiger partial charge on any atom is -0.461 e. The van der Waals surface area contributed by atoms with E-state index in [0.29, 0.717) is 0 Å². The topological polar surface area (TPSA) is 52.3 Å². The van der Waals surface area contributed by atoms with Crippen molar-refractivity contribution in [2.24, 2.45) is 11.7 Å². The number of esters is 1.